The third kappa shape index (κ3) is 5.81. The number of thioether (sulfide) groups is 1. The SMILES string of the molecule is COc1cc(C(C)(C)c2cnc(SCc3ccc(Cl)c(S(N)(=O)=O)c3)n2-c2ccc(F)cc2)ccc1Cl. The van der Waals surface area contributed by atoms with Crippen molar-refractivity contribution in [3.8, 4) is 11.4 Å². The topological polar surface area (TPSA) is 87.2 Å². The lowest BCUT2D eigenvalue weighted by Crippen LogP contribution is -2.23. The zero-order valence-corrected chi connectivity index (χ0v) is 23.3. The Morgan fingerprint density at radius 3 is 2.38 bits per heavy atom. The van der Waals surface area contributed by atoms with Crippen LogP contribution in [0.15, 0.2) is 76.9 Å². The second kappa shape index (κ2) is 10.7. The fourth-order valence-corrected chi connectivity index (χ4v) is 6.14. The van der Waals surface area contributed by atoms with Crippen molar-refractivity contribution in [3.63, 3.8) is 0 Å². The molecular formula is C26H24Cl2FN3O3S2. The minimum Gasteiger partial charge on any atom is -0.495 e. The van der Waals surface area contributed by atoms with Crippen molar-refractivity contribution in [2.24, 2.45) is 5.14 Å². The van der Waals surface area contributed by atoms with Crippen LogP contribution < -0.4 is 9.88 Å². The molecule has 0 saturated heterocycles. The molecule has 1 aromatic heterocycles. The highest BCUT2D eigenvalue weighted by Crippen LogP contribution is 2.39. The molecule has 0 atom stereocenters. The summed E-state index contributed by atoms with van der Waals surface area (Å²) in [5, 5.41) is 6.51. The summed E-state index contributed by atoms with van der Waals surface area (Å²) in [6.07, 6.45) is 1.78. The minimum atomic E-state index is -3.97. The molecule has 11 heteroatoms. The third-order valence-electron chi connectivity index (χ3n) is 6.00. The Morgan fingerprint density at radius 1 is 1.05 bits per heavy atom. The van der Waals surface area contributed by atoms with E-state index in [0.717, 1.165) is 16.9 Å². The number of hydrogen-bond acceptors (Lipinski definition) is 5. The van der Waals surface area contributed by atoms with Gasteiger partial charge in [-0.3, -0.25) is 4.57 Å². The van der Waals surface area contributed by atoms with Crippen LogP contribution in [0.25, 0.3) is 5.69 Å². The van der Waals surface area contributed by atoms with Crippen LogP contribution in [0, 0.1) is 5.82 Å². The maximum atomic E-state index is 13.8. The van der Waals surface area contributed by atoms with E-state index in [2.05, 4.69) is 18.8 Å². The monoisotopic (exact) mass is 579 g/mol. The number of benzene rings is 3. The van der Waals surface area contributed by atoms with E-state index < -0.39 is 15.4 Å². The predicted octanol–water partition coefficient (Wildman–Crippen LogP) is 6.59. The number of ether oxygens (including phenoxy) is 1. The standard InChI is InChI=1S/C26H24Cl2FN3O3S2/c1-26(2,17-5-11-20(27)22(13-17)35-3)24-14-31-25(32(24)19-8-6-18(29)7-9-19)36-15-16-4-10-21(28)23(12-16)37(30,33)34/h4-14H,15H2,1-3H3,(H2,30,33,34). The maximum absolute atomic E-state index is 13.8. The van der Waals surface area contributed by atoms with Gasteiger partial charge in [0.2, 0.25) is 10.0 Å². The number of methoxy groups -OCH3 is 1. The van der Waals surface area contributed by atoms with Crippen LogP contribution in [0.2, 0.25) is 10.0 Å². The van der Waals surface area contributed by atoms with E-state index in [-0.39, 0.29) is 15.7 Å². The highest BCUT2D eigenvalue weighted by atomic mass is 35.5. The Kier molecular flexibility index (Phi) is 7.92. The van der Waals surface area contributed by atoms with E-state index in [1.54, 1.807) is 37.6 Å². The van der Waals surface area contributed by atoms with Crippen LogP contribution in [0.4, 0.5) is 4.39 Å². The van der Waals surface area contributed by atoms with Gasteiger partial charge in [-0.05, 0) is 59.7 Å². The number of aromatic nitrogens is 2. The van der Waals surface area contributed by atoms with Gasteiger partial charge in [0.1, 0.15) is 16.5 Å². The van der Waals surface area contributed by atoms with E-state index in [4.69, 9.17) is 33.1 Å². The average Bonchev–Trinajstić information content (AvgIpc) is 3.28. The lowest BCUT2D eigenvalue weighted by Gasteiger charge is -2.28. The molecule has 0 radical (unpaired) electrons. The summed E-state index contributed by atoms with van der Waals surface area (Å²) in [5.74, 6) is 0.605. The molecule has 0 bridgehead atoms. The van der Waals surface area contributed by atoms with Gasteiger partial charge in [-0.1, -0.05) is 60.9 Å². The fourth-order valence-electron chi connectivity index (χ4n) is 3.92. The van der Waals surface area contributed by atoms with Crippen molar-refractivity contribution in [2.75, 3.05) is 7.11 Å². The van der Waals surface area contributed by atoms with Crippen LogP contribution in [0.3, 0.4) is 0 Å². The molecule has 0 unspecified atom stereocenters. The summed E-state index contributed by atoms with van der Waals surface area (Å²) >= 11 is 13.7. The molecule has 4 aromatic rings. The van der Waals surface area contributed by atoms with Gasteiger partial charge in [-0.15, -0.1) is 0 Å². The largest absolute Gasteiger partial charge is 0.495 e. The average molecular weight is 581 g/mol. The zero-order chi connectivity index (χ0) is 27.0. The first kappa shape index (κ1) is 27.5. The van der Waals surface area contributed by atoms with Gasteiger partial charge in [0.05, 0.1) is 29.0 Å². The van der Waals surface area contributed by atoms with Crippen molar-refractivity contribution >= 4 is 45.0 Å². The van der Waals surface area contributed by atoms with Crippen LogP contribution in [-0.2, 0) is 21.2 Å². The number of halogens is 3. The first-order chi connectivity index (χ1) is 17.4. The van der Waals surface area contributed by atoms with Crippen molar-refractivity contribution in [1.29, 1.82) is 0 Å². The summed E-state index contributed by atoms with van der Waals surface area (Å²) < 4.78 is 44.9. The lowest BCUT2D eigenvalue weighted by atomic mass is 9.81. The van der Waals surface area contributed by atoms with Crippen LogP contribution in [-0.4, -0.2) is 25.1 Å². The molecule has 1 heterocycles. The molecule has 37 heavy (non-hydrogen) atoms. The minimum absolute atomic E-state index is 0.0616. The Hall–Kier alpha value is -2.56. The number of rotatable bonds is 8. The molecular weight excluding hydrogens is 556 g/mol. The number of imidazole rings is 1. The molecule has 0 aliphatic carbocycles. The summed E-state index contributed by atoms with van der Waals surface area (Å²) in [6, 6.07) is 16.5. The number of hydrogen-bond donors (Lipinski definition) is 1. The molecule has 3 aromatic carbocycles. The summed E-state index contributed by atoms with van der Waals surface area (Å²) in [6.45, 7) is 4.11. The Morgan fingerprint density at radius 2 is 1.73 bits per heavy atom. The van der Waals surface area contributed by atoms with Gasteiger partial charge in [0.15, 0.2) is 5.16 Å². The third-order valence-corrected chi connectivity index (χ3v) is 8.73. The van der Waals surface area contributed by atoms with Crippen molar-refractivity contribution in [1.82, 2.24) is 9.55 Å². The van der Waals surface area contributed by atoms with Crippen LogP contribution >= 0.6 is 35.0 Å². The molecule has 0 fully saturated rings. The molecule has 0 amide bonds. The van der Waals surface area contributed by atoms with Gasteiger partial charge in [0, 0.05) is 16.9 Å². The van der Waals surface area contributed by atoms with Gasteiger partial charge in [0.25, 0.3) is 0 Å². The Bertz CT molecular complexity index is 1560. The molecule has 2 N–H and O–H groups in total. The summed E-state index contributed by atoms with van der Waals surface area (Å²) in [4.78, 5) is 4.54. The fraction of sp³-hybridized carbons (Fsp3) is 0.192. The molecule has 4 rings (SSSR count). The van der Waals surface area contributed by atoms with Gasteiger partial charge in [-0.2, -0.15) is 0 Å². The second-order valence-corrected chi connectivity index (χ2v) is 12.1. The zero-order valence-electron chi connectivity index (χ0n) is 20.2. The van der Waals surface area contributed by atoms with Gasteiger partial charge < -0.3 is 4.74 Å². The summed E-state index contributed by atoms with van der Waals surface area (Å²) in [7, 11) is -2.40. The van der Waals surface area contributed by atoms with E-state index >= 15 is 0 Å². The molecule has 6 nitrogen and oxygen atoms in total. The van der Waals surface area contributed by atoms with E-state index in [0.29, 0.717) is 27.2 Å². The first-order valence-electron chi connectivity index (χ1n) is 11.0. The van der Waals surface area contributed by atoms with E-state index in [1.165, 1.54) is 36.0 Å². The smallest absolute Gasteiger partial charge is 0.239 e. The Labute approximate surface area is 229 Å². The van der Waals surface area contributed by atoms with E-state index in [1.807, 2.05) is 16.7 Å². The van der Waals surface area contributed by atoms with E-state index in [9.17, 15) is 12.8 Å². The van der Waals surface area contributed by atoms with Gasteiger partial charge in [-0.25, -0.2) is 22.9 Å². The quantitative estimate of drug-likeness (QED) is 0.238. The van der Waals surface area contributed by atoms with Crippen molar-refractivity contribution in [2.45, 2.75) is 35.1 Å². The van der Waals surface area contributed by atoms with Gasteiger partial charge >= 0.3 is 0 Å². The number of sulfonamides is 1. The molecule has 0 aliphatic rings. The van der Waals surface area contributed by atoms with Crippen LogP contribution in [0.1, 0.15) is 30.7 Å². The molecule has 0 aliphatic heterocycles. The molecule has 0 spiro atoms. The van der Waals surface area contributed by atoms with Crippen molar-refractivity contribution < 1.29 is 17.5 Å². The number of primary sulfonamides is 1. The first-order valence-corrected chi connectivity index (χ1v) is 14.3. The highest BCUT2D eigenvalue weighted by molar-refractivity contribution is 7.98. The predicted molar refractivity (Wildman–Crippen MR) is 146 cm³/mol. The second-order valence-electron chi connectivity index (χ2n) is 8.81. The summed E-state index contributed by atoms with van der Waals surface area (Å²) in [5.41, 5.74) is 2.69. The highest BCUT2D eigenvalue weighted by Gasteiger charge is 2.30. The molecule has 194 valence electrons. The maximum Gasteiger partial charge on any atom is 0.239 e. The molecule has 0 saturated carbocycles. The Balaban J connectivity index is 1.77. The normalized spacial score (nSPS) is 12.1. The van der Waals surface area contributed by atoms with Crippen molar-refractivity contribution in [3.05, 3.63) is 99.5 Å². The number of nitrogens with two attached hydrogens (primary N) is 1. The van der Waals surface area contributed by atoms with Crippen LogP contribution in [0.5, 0.6) is 5.75 Å². The number of nitrogens with zero attached hydrogens (tertiary/aromatic N) is 2. The lowest BCUT2D eigenvalue weighted by molar-refractivity contribution is 0.413.